The minimum Gasteiger partial charge on any atom is -0.353 e. The van der Waals surface area contributed by atoms with Crippen LogP contribution in [0.3, 0.4) is 0 Å². The van der Waals surface area contributed by atoms with Gasteiger partial charge in [-0.15, -0.1) is 24.0 Å². The largest absolute Gasteiger partial charge is 0.353 e. The average Bonchev–Trinajstić information content (AvgIpc) is 3.26. The highest BCUT2D eigenvalue weighted by Gasteiger charge is 2.39. The molecule has 2 bridgehead atoms. The van der Waals surface area contributed by atoms with E-state index in [1.165, 1.54) is 25.7 Å². The van der Waals surface area contributed by atoms with Crippen LogP contribution in [0, 0.1) is 11.8 Å². The van der Waals surface area contributed by atoms with E-state index in [4.69, 9.17) is 0 Å². The van der Waals surface area contributed by atoms with Crippen LogP contribution >= 0.6 is 24.0 Å². The van der Waals surface area contributed by atoms with Gasteiger partial charge in [-0.3, -0.25) is 9.48 Å². The molecule has 1 amide bonds. The summed E-state index contributed by atoms with van der Waals surface area (Å²) in [6.07, 6.45) is 7.02. The normalized spacial score (nSPS) is 24.8. The number of carbonyl (C=O) groups excluding carboxylic acids is 1. The van der Waals surface area contributed by atoms with Gasteiger partial charge in [0.15, 0.2) is 5.96 Å². The monoisotopic (exact) mass is 460 g/mol. The number of amides is 1. The summed E-state index contributed by atoms with van der Waals surface area (Å²) in [6.45, 7) is 0.799. The van der Waals surface area contributed by atoms with Gasteiger partial charge in [0.05, 0.1) is 18.8 Å². The average molecular weight is 460 g/mol. The maximum Gasteiger partial charge on any atom is 0.241 e. The SMILES string of the molecule is CN(C)C(=O)CNC(=NCc1ccnn1C)NC1CC2CCC1C2.I. The van der Waals surface area contributed by atoms with Gasteiger partial charge in [0.2, 0.25) is 5.91 Å². The van der Waals surface area contributed by atoms with Crippen LogP contribution in [0.4, 0.5) is 0 Å². The fourth-order valence-corrected chi connectivity index (χ4v) is 3.78. The zero-order valence-corrected chi connectivity index (χ0v) is 17.6. The fourth-order valence-electron chi connectivity index (χ4n) is 3.78. The Bertz CT molecular complexity index is 614. The molecule has 0 radical (unpaired) electrons. The summed E-state index contributed by atoms with van der Waals surface area (Å²) in [5, 5.41) is 10.9. The molecule has 7 nitrogen and oxygen atoms in total. The van der Waals surface area contributed by atoms with Crippen LogP contribution in [0.25, 0.3) is 0 Å². The molecule has 1 heterocycles. The Kier molecular flexibility index (Phi) is 7.09. The smallest absolute Gasteiger partial charge is 0.241 e. The van der Waals surface area contributed by atoms with Crippen LogP contribution in [0.2, 0.25) is 0 Å². The molecule has 2 fully saturated rings. The minimum atomic E-state index is 0. The lowest BCUT2D eigenvalue weighted by Gasteiger charge is -2.25. The van der Waals surface area contributed by atoms with E-state index in [0.29, 0.717) is 12.6 Å². The molecule has 3 atom stereocenters. The molecule has 1 aromatic heterocycles. The van der Waals surface area contributed by atoms with Gasteiger partial charge in [-0.25, -0.2) is 4.99 Å². The van der Waals surface area contributed by atoms with E-state index in [9.17, 15) is 4.79 Å². The van der Waals surface area contributed by atoms with E-state index in [1.54, 1.807) is 25.2 Å². The highest BCUT2D eigenvalue weighted by atomic mass is 127. The van der Waals surface area contributed by atoms with Crippen molar-refractivity contribution in [3.05, 3.63) is 18.0 Å². The summed E-state index contributed by atoms with van der Waals surface area (Å²) in [5.41, 5.74) is 1.04. The van der Waals surface area contributed by atoms with Crippen molar-refractivity contribution in [3.63, 3.8) is 0 Å². The quantitative estimate of drug-likeness (QED) is 0.395. The number of guanidine groups is 1. The van der Waals surface area contributed by atoms with Crippen LogP contribution in [0.5, 0.6) is 0 Å². The van der Waals surface area contributed by atoms with Gasteiger partial charge in [0.1, 0.15) is 0 Å². The molecular formula is C17H29IN6O. The van der Waals surface area contributed by atoms with Crippen molar-refractivity contribution < 1.29 is 4.79 Å². The van der Waals surface area contributed by atoms with Crippen molar-refractivity contribution in [2.45, 2.75) is 38.3 Å². The number of carbonyl (C=O) groups is 1. The molecule has 2 aliphatic carbocycles. The number of aliphatic imine (C=N–C) groups is 1. The molecule has 8 heteroatoms. The lowest BCUT2D eigenvalue weighted by molar-refractivity contribution is -0.127. The van der Waals surface area contributed by atoms with E-state index in [-0.39, 0.29) is 36.4 Å². The summed E-state index contributed by atoms with van der Waals surface area (Å²) in [4.78, 5) is 18.1. The fraction of sp³-hybridized carbons (Fsp3) is 0.706. The van der Waals surface area contributed by atoms with Crippen molar-refractivity contribution in [2.75, 3.05) is 20.6 Å². The number of hydrogen-bond donors (Lipinski definition) is 2. The van der Waals surface area contributed by atoms with Gasteiger partial charge in [-0.2, -0.15) is 5.10 Å². The Morgan fingerprint density at radius 1 is 1.40 bits per heavy atom. The number of aromatic nitrogens is 2. The van der Waals surface area contributed by atoms with Crippen LogP contribution < -0.4 is 10.6 Å². The van der Waals surface area contributed by atoms with Crippen LogP contribution in [-0.2, 0) is 18.4 Å². The predicted molar refractivity (Wildman–Crippen MR) is 109 cm³/mol. The second kappa shape index (κ2) is 8.86. The molecule has 1 aromatic rings. The molecule has 3 rings (SSSR count). The molecule has 2 aliphatic rings. The van der Waals surface area contributed by atoms with E-state index >= 15 is 0 Å². The lowest BCUT2D eigenvalue weighted by Crippen LogP contribution is -2.48. The van der Waals surface area contributed by atoms with Crippen LogP contribution in [-0.4, -0.2) is 53.2 Å². The molecule has 25 heavy (non-hydrogen) atoms. The lowest BCUT2D eigenvalue weighted by atomic mass is 9.95. The number of rotatable bonds is 5. The predicted octanol–water partition coefficient (Wildman–Crippen LogP) is 1.35. The first-order valence-electron chi connectivity index (χ1n) is 8.75. The standard InChI is InChI=1S/C17H28N6O.HI/c1-22(2)16(24)11-19-17(18-10-14-6-7-20-23(14)3)21-15-9-12-4-5-13(15)8-12;/h6-7,12-13,15H,4-5,8-11H2,1-3H3,(H2,18,19,21);1H. The van der Waals surface area contributed by atoms with Gasteiger partial charge in [0.25, 0.3) is 0 Å². The highest BCUT2D eigenvalue weighted by molar-refractivity contribution is 14.0. The Morgan fingerprint density at radius 3 is 2.76 bits per heavy atom. The van der Waals surface area contributed by atoms with Gasteiger partial charge in [-0.1, -0.05) is 6.42 Å². The number of aryl methyl sites for hydroxylation is 1. The number of halogens is 1. The van der Waals surface area contributed by atoms with E-state index in [1.807, 2.05) is 17.8 Å². The van der Waals surface area contributed by atoms with Crippen molar-refractivity contribution in [1.82, 2.24) is 25.3 Å². The summed E-state index contributed by atoms with van der Waals surface area (Å²) in [7, 11) is 5.44. The molecule has 3 unspecified atom stereocenters. The number of nitrogens with zero attached hydrogens (tertiary/aromatic N) is 4. The van der Waals surface area contributed by atoms with Crippen molar-refractivity contribution in [3.8, 4) is 0 Å². The number of likely N-dealkylation sites (N-methyl/N-ethyl adjacent to an activating group) is 1. The molecule has 140 valence electrons. The summed E-state index contributed by atoms with van der Waals surface area (Å²) in [5.74, 6) is 2.39. The van der Waals surface area contributed by atoms with Gasteiger partial charge < -0.3 is 15.5 Å². The summed E-state index contributed by atoms with van der Waals surface area (Å²) < 4.78 is 1.82. The molecular weight excluding hydrogens is 431 g/mol. The maximum atomic E-state index is 11.9. The van der Waals surface area contributed by atoms with Crippen molar-refractivity contribution in [1.29, 1.82) is 0 Å². The Morgan fingerprint density at radius 2 is 2.20 bits per heavy atom. The number of hydrogen-bond acceptors (Lipinski definition) is 3. The molecule has 0 aromatic carbocycles. The summed E-state index contributed by atoms with van der Waals surface area (Å²) >= 11 is 0. The van der Waals surface area contributed by atoms with Gasteiger partial charge in [0, 0.05) is 33.4 Å². The third-order valence-corrected chi connectivity index (χ3v) is 5.29. The molecule has 0 aliphatic heterocycles. The number of nitrogens with one attached hydrogen (secondary N) is 2. The van der Waals surface area contributed by atoms with Crippen LogP contribution in [0.1, 0.15) is 31.4 Å². The third kappa shape index (κ3) is 5.08. The molecule has 0 spiro atoms. The molecule has 0 saturated heterocycles. The molecule has 2 saturated carbocycles. The van der Waals surface area contributed by atoms with E-state index in [2.05, 4.69) is 20.7 Å². The van der Waals surface area contributed by atoms with Gasteiger partial charge >= 0.3 is 0 Å². The highest BCUT2D eigenvalue weighted by Crippen LogP contribution is 2.44. The molecule has 2 N–H and O–H groups in total. The zero-order chi connectivity index (χ0) is 17.1. The van der Waals surface area contributed by atoms with E-state index < -0.39 is 0 Å². The Hall–Kier alpha value is -1.32. The second-order valence-corrected chi connectivity index (χ2v) is 7.18. The summed E-state index contributed by atoms with van der Waals surface area (Å²) in [6, 6.07) is 2.44. The number of fused-ring (bicyclic) bond motifs is 2. The minimum absolute atomic E-state index is 0. The Balaban J connectivity index is 0.00000225. The first-order chi connectivity index (χ1) is 11.5. The first-order valence-corrected chi connectivity index (χ1v) is 8.75. The van der Waals surface area contributed by atoms with E-state index in [0.717, 1.165) is 23.5 Å². The van der Waals surface area contributed by atoms with Crippen molar-refractivity contribution in [2.24, 2.45) is 23.9 Å². The van der Waals surface area contributed by atoms with Gasteiger partial charge in [-0.05, 0) is 37.2 Å². The zero-order valence-electron chi connectivity index (χ0n) is 15.2. The second-order valence-electron chi connectivity index (χ2n) is 7.18. The third-order valence-electron chi connectivity index (χ3n) is 5.29. The Labute approximate surface area is 166 Å². The van der Waals surface area contributed by atoms with Crippen LogP contribution in [0.15, 0.2) is 17.3 Å². The first kappa shape index (κ1) is 20.0. The maximum absolute atomic E-state index is 11.9. The topological polar surface area (TPSA) is 74.5 Å². The van der Waals surface area contributed by atoms with Crippen molar-refractivity contribution >= 4 is 35.8 Å².